The smallest absolute Gasteiger partial charge is 0.0700 e. The highest BCUT2D eigenvalue weighted by molar-refractivity contribution is 4.86. The Balaban J connectivity index is 2.80. The number of unbranched alkanes of at least 4 members (excludes halogenated alkanes) is 1. The lowest BCUT2D eigenvalue weighted by Crippen LogP contribution is -2.15. The predicted octanol–water partition coefficient (Wildman–Crippen LogP) is 0.652. The number of nitrogens with one attached hydrogen (secondary N) is 1. The van der Waals surface area contributed by atoms with E-state index in [1.165, 1.54) is 0 Å². The zero-order valence-corrected chi connectivity index (χ0v) is 8.34. The van der Waals surface area contributed by atoms with Gasteiger partial charge in [-0.15, -0.1) is 6.42 Å². The van der Waals surface area contributed by atoms with Crippen LogP contribution in [0.15, 0.2) is 0 Å². The molecular formula is C10H19NO2. The monoisotopic (exact) mass is 185 g/mol. The molecule has 0 unspecified atom stereocenters. The molecule has 13 heavy (non-hydrogen) atoms. The minimum absolute atomic E-state index is 0.657. The molecule has 0 rings (SSSR count). The van der Waals surface area contributed by atoms with E-state index in [-0.39, 0.29) is 0 Å². The fraction of sp³-hybridized carbons (Fsp3) is 0.800. The molecule has 0 amide bonds. The third kappa shape index (κ3) is 11.4. The van der Waals surface area contributed by atoms with Crippen LogP contribution in [0.3, 0.4) is 0 Å². The zero-order valence-electron chi connectivity index (χ0n) is 8.34. The molecule has 0 aromatic carbocycles. The molecule has 0 aliphatic heterocycles. The fourth-order valence-electron chi connectivity index (χ4n) is 0.859. The highest BCUT2D eigenvalue weighted by Gasteiger charge is 1.89. The van der Waals surface area contributed by atoms with Crippen LogP contribution in [0.5, 0.6) is 0 Å². The number of terminal acetylenes is 1. The zero-order chi connectivity index (χ0) is 9.78. The fourth-order valence-corrected chi connectivity index (χ4v) is 0.859. The summed E-state index contributed by atoms with van der Waals surface area (Å²) < 4.78 is 10.1. The van der Waals surface area contributed by atoms with E-state index in [9.17, 15) is 0 Å². The van der Waals surface area contributed by atoms with Gasteiger partial charge in [-0.1, -0.05) is 5.92 Å². The van der Waals surface area contributed by atoms with Crippen molar-refractivity contribution in [1.29, 1.82) is 0 Å². The summed E-state index contributed by atoms with van der Waals surface area (Å²) in [7, 11) is 1.67. The lowest BCUT2D eigenvalue weighted by molar-refractivity contribution is 0.0688. The Labute approximate surface area is 80.8 Å². The predicted molar refractivity (Wildman–Crippen MR) is 53.6 cm³/mol. The molecule has 0 saturated carbocycles. The van der Waals surface area contributed by atoms with Crippen LogP contribution in [0.1, 0.15) is 12.8 Å². The SMILES string of the molecule is C#CCNCCCCOCCOC. The van der Waals surface area contributed by atoms with Crippen molar-refractivity contribution in [3.63, 3.8) is 0 Å². The lowest BCUT2D eigenvalue weighted by atomic mass is 10.3. The molecule has 0 radical (unpaired) electrons. The molecule has 3 nitrogen and oxygen atoms in total. The summed E-state index contributed by atoms with van der Waals surface area (Å²) in [6.45, 7) is 3.80. The van der Waals surface area contributed by atoms with Crippen LogP contribution in [-0.2, 0) is 9.47 Å². The number of hydrogen-bond acceptors (Lipinski definition) is 3. The molecule has 0 spiro atoms. The first-order valence-electron chi connectivity index (χ1n) is 4.62. The summed E-state index contributed by atoms with van der Waals surface area (Å²) >= 11 is 0. The topological polar surface area (TPSA) is 30.5 Å². The van der Waals surface area contributed by atoms with Crippen molar-refractivity contribution >= 4 is 0 Å². The molecule has 0 atom stereocenters. The molecule has 0 fully saturated rings. The summed E-state index contributed by atoms with van der Waals surface area (Å²) in [5.41, 5.74) is 0. The Kier molecular flexibility index (Phi) is 10.9. The summed E-state index contributed by atoms with van der Waals surface area (Å²) in [6, 6.07) is 0. The Morgan fingerprint density at radius 1 is 1.23 bits per heavy atom. The van der Waals surface area contributed by atoms with E-state index >= 15 is 0 Å². The van der Waals surface area contributed by atoms with Gasteiger partial charge in [0.25, 0.3) is 0 Å². The first-order valence-corrected chi connectivity index (χ1v) is 4.62. The summed E-state index contributed by atoms with van der Waals surface area (Å²) in [6.07, 6.45) is 7.25. The third-order valence-corrected chi connectivity index (χ3v) is 1.55. The van der Waals surface area contributed by atoms with Crippen LogP contribution >= 0.6 is 0 Å². The second-order valence-electron chi connectivity index (χ2n) is 2.69. The first kappa shape index (κ1) is 12.4. The molecule has 0 bridgehead atoms. The molecule has 0 aliphatic carbocycles. The third-order valence-electron chi connectivity index (χ3n) is 1.55. The van der Waals surface area contributed by atoms with Gasteiger partial charge in [-0.3, -0.25) is 0 Å². The standard InChI is InChI=1S/C10H19NO2/c1-3-6-11-7-4-5-8-13-10-9-12-2/h1,11H,4-10H2,2H3. The largest absolute Gasteiger partial charge is 0.382 e. The lowest BCUT2D eigenvalue weighted by Gasteiger charge is -2.03. The maximum atomic E-state index is 5.29. The van der Waals surface area contributed by atoms with Crippen molar-refractivity contribution in [1.82, 2.24) is 5.32 Å². The van der Waals surface area contributed by atoms with Crippen molar-refractivity contribution in [2.75, 3.05) is 40.0 Å². The quantitative estimate of drug-likeness (QED) is 0.422. The van der Waals surface area contributed by atoms with E-state index in [1.807, 2.05) is 0 Å². The van der Waals surface area contributed by atoms with E-state index in [2.05, 4.69) is 11.2 Å². The van der Waals surface area contributed by atoms with Gasteiger partial charge < -0.3 is 14.8 Å². The van der Waals surface area contributed by atoms with Crippen molar-refractivity contribution in [2.45, 2.75) is 12.8 Å². The summed E-state index contributed by atoms with van der Waals surface area (Å²) in [5.74, 6) is 2.53. The van der Waals surface area contributed by atoms with Crippen molar-refractivity contribution in [2.24, 2.45) is 0 Å². The van der Waals surface area contributed by atoms with Crippen LogP contribution in [0.4, 0.5) is 0 Å². The molecule has 0 aromatic heterocycles. The Hall–Kier alpha value is -0.560. The maximum Gasteiger partial charge on any atom is 0.0700 e. The van der Waals surface area contributed by atoms with E-state index in [4.69, 9.17) is 15.9 Å². The molecule has 0 aromatic rings. The highest BCUT2D eigenvalue weighted by Crippen LogP contribution is 1.88. The average Bonchev–Trinajstić information content (AvgIpc) is 2.16. The van der Waals surface area contributed by atoms with Gasteiger partial charge in [-0.25, -0.2) is 0 Å². The van der Waals surface area contributed by atoms with E-state index in [0.717, 1.165) is 26.0 Å². The van der Waals surface area contributed by atoms with Crippen molar-refractivity contribution in [3.8, 4) is 12.3 Å². The summed E-state index contributed by atoms with van der Waals surface area (Å²) in [5, 5.41) is 3.12. The number of methoxy groups -OCH3 is 1. The maximum absolute atomic E-state index is 5.29. The Bertz CT molecular complexity index is 131. The van der Waals surface area contributed by atoms with E-state index in [0.29, 0.717) is 19.8 Å². The Morgan fingerprint density at radius 2 is 2.08 bits per heavy atom. The van der Waals surface area contributed by atoms with Gasteiger partial charge in [0.1, 0.15) is 0 Å². The van der Waals surface area contributed by atoms with Gasteiger partial charge in [-0.2, -0.15) is 0 Å². The van der Waals surface area contributed by atoms with Crippen molar-refractivity contribution in [3.05, 3.63) is 0 Å². The van der Waals surface area contributed by atoms with Gasteiger partial charge in [0.2, 0.25) is 0 Å². The molecular weight excluding hydrogens is 166 g/mol. The molecule has 0 heterocycles. The summed E-state index contributed by atoms with van der Waals surface area (Å²) in [4.78, 5) is 0. The van der Waals surface area contributed by atoms with Crippen LogP contribution in [-0.4, -0.2) is 40.0 Å². The normalized spacial score (nSPS) is 9.85. The second-order valence-corrected chi connectivity index (χ2v) is 2.69. The van der Waals surface area contributed by atoms with Gasteiger partial charge in [0.05, 0.1) is 19.8 Å². The Morgan fingerprint density at radius 3 is 2.77 bits per heavy atom. The van der Waals surface area contributed by atoms with Gasteiger partial charge in [0, 0.05) is 13.7 Å². The number of ether oxygens (including phenoxy) is 2. The molecule has 3 heteroatoms. The molecule has 76 valence electrons. The second kappa shape index (κ2) is 11.4. The van der Waals surface area contributed by atoms with E-state index < -0.39 is 0 Å². The molecule has 0 aliphatic rings. The molecule has 1 N–H and O–H groups in total. The van der Waals surface area contributed by atoms with Gasteiger partial charge in [-0.05, 0) is 19.4 Å². The highest BCUT2D eigenvalue weighted by atomic mass is 16.5. The van der Waals surface area contributed by atoms with Crippen LogP contribution in [0.2, 0.25) is 0 Å². The van der Waals surface area contributed by atoms with Crippen LogP contribution in [0, 0.1) is 12.3 Å². The average molecular weight is 185 g/mol. The minimum atomic E-state index is 0.657. The molecule has 0 saturated heterocycles. The van der Waals surface area contributed by atoms with Gasteiger partial charge in [0.15, 0.2) is 0 Å². The minimum Gasteiger partial charge on any atom is -0.382 e. The first-order chi connectivity index (χ1) is 6.41. The van der Waals surface area contributed by atoms with Crippen LogP contribution < -0.4 is 5.32 Å². The number of hydrogen-bond donors (Lipinski definition) is 1. The van der Waals surface area contributed by atoms with Crippen LogP contribution in [0.25, 0.3) is 0 Å². The van der Waals surface area contributed by atoms with E-state index in [1.54, 1.807) is 7.11 Å². The number of rotatable bonds is 9. The van der Waals surface area contributed by atoms with Crippen molar-refractivity contribution < 1.29 is 9.47 Å². The van der Waals surface area contributed by atoms with Gasteiger partial charge >= 0.3 is 0 Å².